The molecule has 4 rings (SSSR count). The van der Waals surface area contributed by atoms with Crippen LogP contribution in [0.25, 0.3) is 28.3 Å². The largest absolute Gasteiger partial charge is 0.494 e. The summed E-state index contributed by atoms with van der Waals surface area (Å²) in [6.07, 6.45) is 5.36. The maximum atomic E-state index is 13.8. The van der Waals surface area contributed by atoms with E-state index in [-0.39, 0.29) is 5.75 Å². The lowest BCUT2D eigenvalue weighted by molar-refractivity contribution is 0.387. The lowest BCUT2D eigenvalue weighted by Gasteiger charge is -2.08. The average molecular weight is 334 g/mol. The number of pyridine rings is 1. The van der Waals surface area contributed by atoms with Crippen molar-refractivity contribution in [3.05, 3.63) is 66.5 Å². The van der Waals surface area contributed by atoms with Gasteiger partial charge in [0.2, 0.25) is 5.78 Å². The van der Waals surface area contributed by atoms with Crippen molar-refractivity contribution in [1.82, 2.24) is 19.4 Å². The van der Waals surface area contributed by atoms with Gasteiger partial charge in [-0.2, -0.15) is 0 Å². The number of methoxy groups -OCH3 is 1. The van der Waals surface area contributed by atoms with E-state index in [9.17, 15) is 4.39 Å². The first-order valence-corrected chi connectivity index (χ1v) is 7.77. The fourth-order valence-corrected chi connectivity index (χ4v) is 2.86. The summed E-state index contributed by atoms with van der Waals surface area (Å²) in [6, 6.07) is 10.5. The van der Waals surface area contributed by atoms with Crippen LogP contribution in [-0.2, 0) is 0 Å². The van der Waals surface area contributed by atoms with Crippen LogP contribution < -0.4 is 4.74 Å². The molecular weight excluding hydrogens is 319 g/mol. The highest BCUT2D eigenvalue weighted by atomic mass is 19.1. The highest BCUT2D eigenvalue weighted by molar-refractivity contribution is 5.81. The third kappa shape index (κ3) is 2.61. The molecule has 0 amide bonds. The second kappa shape index (κ2) is 5.98. The number of rotatable bonds is 3. The minimum atomic E-state index is -0.408. The normalized spacial score (nSPS) is 11.0. The molecule has 0 bridgehead atoms. The maximum Gasteiger partial charge on any atom is 0.234 e. The minimum Gasteiger partial charge on any atom is -0.494 e. The van der Waals surface area contributed by atoms with Gasteiger partial charge >= 0.3 is 0 Å². The van der Waals surface area contributed by atoms with Gasteiger partial charge in [-0.3, -0.25) is 9.38 Å². The van der Waals surface area contributed by atoms with Gasteiger partial charge in [-0.05, 0) is 43.3 Å². The Morgan fingerprint density at radius 1 is 1.04 bits per heavy atom. The van der Waals surface area contributed by atoms with Crippen LogP contribution in [-0.4, -0.2) is 26.5 Å². The Morgan fingerprint density at radius 2 is 1.92 bits per heavy atom. The average Bonchev–Trinajstić information content (AvgIpc) is 3.01. The molecule has 0 fully saturated rings. The number of nitrogens with zero attached hydrogens (tertiary/aromatic N) is 4. The van der Waals surface area contributed by atoms with E-state index in [0.29, 0.717) is 11.5 Å². The predicted molar refractivity (Wildman–Crippen MR) is 92.9 cm³/mol. The molecule has 0 saturated carbocycles. The fraction of sp³-hybridized carbons (Fsp3) is 0.105. The number of aromatic nitrogens is 4. The SMILES string of the molecule is COc1cc(-c2nc3ncccn3c2-c2ccnc(C)c2)ccc1F. The summed E-state index contributed by atoms with van der Waals surface area (Å²) < 4.78 is 20.8. The van der Waals surface area contributed by atoms with Gasteiger partial charge in [0.25, 0.3) is 0 Å². The van der Waals surface area contributed by atoms with Gasteiger partial charge in [-0.1, -0.05) is 0 Å². The standard InChI is InChI=1S/C19H15FN4O/c1-12-10-14(6-8-21-12)18-17(23-19-22-7-3-9-24(18)19)13-4-5-15(20)16(11-13)25-2/h3-11H,1-2H3. The summed E-state index contributed by atoms with van der Waals surface area (Å²) in [4.78, 5) is 13.2. The molecule has 0 unspecified atom stereocenters. The van der Waals surface area contributed by atoms with Crippen LogP contribution in [0.3, 0.4) is 0 Å². The topological polar surface area (TPSA) is 52.3 Å². The molecule has 25 heavy (non-hydrogen) atoms. The van der Waals surface area contributed by atoms with Crippen molar-refractivity contribution in [1.29, 1.82) is 0 Å². The molecule has 5 nitrogen and oxygen atoms in total. The third-order valence-corrected chi connectivity index (χ3v) is 4.00. The molecule has 3 aromatic heterocycles. The number of fused-ring (bicyclic) bond motifs is 1. The Kier molecular flexibility index (Phi) is 3.65. The maximum absolute atomic E-state index is 13.8. The Balaban J connectivity index is 2.03. The smallest absolute Gasteiger partial charge is 0.234 e. The molecule has 0 saturated heterocycles. The van der Waals surface area contributed by atoms with Gasteiger partial charge < -0.3 is 4.74 Å². The molecule has 0 aliphatic carbocycles. The molecular formula is C19H15FN4O. The zero-order valence-electron chi connectivity index (χ0n) is 13.8. The van der Waals surface area contributed by atoms with Crippen LogP contribution in [0.1, 0.15) is 5.69 Å². The van der Waals surface area contributed by atoms with E-state index in [4.69, 9.17) is 4.74 Å². The van der Waals surface area contributed by atoms with E-state index in [1.54, 1.807) is 24.5 Å². The number of benzene rings is 1. The molecule has 0 spiro atoms. The minimum absolute atomic E-state index is 0.180. The second-order valence-corrected chi connectivity index (χ2v) is 5.63. The molecule has 0 aliphatic rings. The first kappa shape index (κ1) is 15.3. The summed E-state index contributed by atoms with van der Waals surface area (Å²) in [6.45, 7) is 1.94. The number of hydrogen-bond donors (Lipinski definition) is 0. The van der Waals surface area contributed by atoms with Gasteiger partial charge in [0.05, 0.1) is 18.5 Å². The van der Waals surface area contributed by atoms with Gasteiger partial charge in [-0.15, -0.1) is 0 Å². The monoisotopic (exact) mass is 334 g/mol. The third-order valence-electron chi connectivity index (χ3n) is 4.00. The molecule has 0 N–H and O–H groups in total. The lowest BCUT2D eigenvalue weighted by atomic mass is 10.0. The number of aryl methyl sites for hydroxylation is 1. The first-order valence-electron chi connectivity index (χ1n) is 7.77. The van der Waals surface area contributed by atoms with Gasteiger partial charge in [0, 0.05) is 35.4 Å². The highest BCUT2D eigenvalue weighted by Gasteiger charge is 2.18. The summed E-state index contributed by atoms with van der Waals surface area (Å²) in [5.41, 5.74) is 4.21. The van der Waals surface area contributed by atoms with Crippen molar-refractivity contribution >= 4 is 5.78 Å². The number of imidazole rings is 1. The molecule has 124 valence electrons. The van der Waals surface area contributed by atoms with Crippen LogP contribution in [0.4, 0.5) is 4.39 Å². The van der Waals surface area contributed by atoms with Crippen LogP contribution in [0.5, 0.6) is 5.75 Å². The fourth-order valence-electron chi connectivity index (χ4n) is 2.86. The van der Waals surface area contributed by atoms with Crippen molar-refractivity contribution in [2.75, 3.05) is 7.11 Å². The second-order valence-electron chi connectivity index (χ2n) is 5.63. The Bertz CT molecular complexity index is 1070. The molecule has 0 atom stereocenters. The van der Waals surface area contributed by atoms with Crippen LogP contribution in [0.15, 0.2) is 55.0 Å². The van der Waals surface area contributed by atoms with Gasteiger partial charge in [0.15, 0.2) is 11.6 Å². The molecule has 1 aromatic carbocycles. The molecule has 3 heterocycles. The van der Waals surface area contributed by atoms with E-state index in [2.05, 4.69) is 15.0 Å². The highest BCUT2D eigenvalue weighted by Crippen LogP contribution is 2.34. The van der Waals surface area contributed by atoms with Crippen molar-refractivity contribution in [2.24, 2.45) is 0 Å². The number of ether oxygens (including phenoxy) is 1. The molecule has 0 aliphatic heterocycles. The van der Waals surface area contributed by atoms with Crippen molar-refractivity contribution in [3.8, 4) is 28.3 Å². The zero-order chi connectivity index (χ0) is 17.4. The lowest BCUT2D eigenvalue weighted by Crippen LogP contribution is -1.93. The first-order chi connectivity index (χ1) is 12.2. The van der Waals surface area contributed by atoms with Gasteiger partial charge in [0.1, 0.15) is 0 Å². The summed E-state index contributed by atoms with van der Waals surface area (Å²) in [5.74, 6) is 0.346. The summed E-state index contributed by atoms with van der Waals surface area (Å²) in [7, 11) is 1.44. The van der Waals surface area contributed by atoms with E-state index < -0.39 is 5.82 Å². The molecule has 6 heteroatoms. The molecule has 0 radical (unpaired) electrons. The van der Waals surface area contributed by atoms with Crippen molar-refractivity contribution < 1.29 is 9.13 Å². The quantitative estimate of drug-likeness (QED) is 0.570. The van der Waals surface area contributed by atoms with Gasteiger partial charge in [-0.25, -0.2) is 14.4 Å². The number of halogens is 1. The number of hydrogen-bond acceptors (Lipinski definition) is 4. The Morgan fingerprint density at radius 3 is 2.72 bits per heavy atom. The van der Waals surface area contributed by atoms with Crippen LogP contribution >= 0.6 is 0 Å². The summed E-state index contributed by atoms with van der Waals surface area (Å²) in [5, 5.41) is 0. The van der Waals surface area contributed by atoms with E-state index >= 15 is 0 Å². The Labute approximate surface area is 143 Å². The Hall–Kier alpha value is -3.28. The van der Waals surface area contributed by atoms with Crippen molar-refractivity contribution in [2.45, 2.75) is 6.92 Å². The zero-order valence-corrected chi connectivity index (χ0v) is 13.8. The van der Waals surface area contributed by atoms with E-state index in [1.165, 1.54) is 13.2 Å². The predicted octanol–water partition coefficient (Wildman–Crippen LogP) is 3.91. The van der Waals surface area contributed by atoms with E-state index in [0.717, 1.165) is 22.5 Å². The summed E-state index contributed by atoms with van der Waals surface area (Å²) >= 11 is 0. The van der Waals surface area contributed by atoms with Crippen LogP contribution in [0.2, 0.25) is 0 Å². The van der Waals surface area contributed by atoms with Crippen LogP contribution in [0, 0.1) is 12.7 Å². The molecule has 4 aromatic rings. The van der Waals surface area contributed by atoms with Crippen molar-refractivity contribution in [3.63, 3.8) is 0 Å². The van der Waals surface area contributed by atoms with E-state index in [1.807, 2.05) is 35.7 Å².